The van der Waals surface area contributed by atoms with Crippen LogP contribution in [0.15, 0.2) is 54.1 Å². The number of carbonyl (C=O) groups is 2. The molecule has 1 N–H and O–H groups in total. The van der Waals surface area contributed by atoms with E-state index in [4.69, 9.17) is 4.74 Å². The highest BCUT2D eigenvalue weighted by Crippen LogP contribution is 2.20. The summed E-state index contributed by atoms with van der Waals surface area (Å²) in [5.41, 5.74) is 3.26. The highest BCUT2D eigenvalue weighted by atomic mass is 16.5. The molecule has 0 fully saturated rings. The molecule has 2 aromatic carbocycles. The second-order valence-electron chi connectivity index (χ2n) is 5.16. The van der Waals surface area contributed by atoms with Gasteiger partial charge in [0.15, 0.2) is 0 Å². The van der Waals surface area contributed by atoms with Crippen LogP contribution in [0, 0.1) is 6.92 Å². The van der Waals surface area contributed by atoms with Crippen molar-refractivity contribution in [3.8, 4) is 0 Å². The lowest BCUT2D eigenvalue weighted by Gasteiger charge is -2.11. The smallest absolute Gasteiger partial charge is 0.338 e. The summed E-state index contributed by atoms with van der Waals surface area (Å²) in [6.45, 7) is 3.53. The van der Waals surface area contributed by atoms with E-state index in [1.165, 1.54) is 7.11 Å². The van der Waals surface area contributed by atoms with Gasteiger partial charge >= 0.3 is 5.97 Å². The van der Waals surface area contributed by atoms with Crippen LogP contribution in [0.3, 0.4) is 0 Å². The van der Waals surface area contributed by atoms with Crippen molar-refractivity contribution in [2.45, 2.75) is 13.8 Å². The molecule has 0 aliphatic heterocycles. The van der Waals surface area contributed by atoms with Gasteiger partial charge in [-0.15, -0.1) is 0 Å². The van der Waals surface area contributed by atoms with Gasteiger partial charge in [0.2, 0.25) is 0 Å². The van der Waals surface area contributed by atoms with Gasteiger partial charge in [0.25, 0.3) is 5.91 Å². The molecule has 0 heterocycles. The van der Waals surface area contributed by atoms with E-state index in [0.717, 1.165) is 5.56 Å². The molecule has 0 saturated carbocycles. The van der Waals surface area contributed by atoms with Crippen molar-refractivity contribution in [3.63, 3.8) is 0 Å². The molecule has 0 radical (unpaired) electrons. The van der Waals surface area contributed by atoms with Crippen molar-refractivity contribution in [3.05, 3.63) is 70.8 Å². The number of hydrogen-bond acceptors (Lipinski definition) is 3. The van der Waals surface area contributed by atoms with Crippen molar-refractivity contribution in [2.75, 3.05) is 12.4 Å². The number of nitrogens with one attached hydrogen (secondary N) is 1. The Morgan fingerprint density at radius 3 is 2.39 bits per heavy atom. The molecule has 0 unspecified atom stereocenters. The first-order valence-electron chi connectivity index (χ1n) is 7.25. The van der Waals surface area contributed by atoms with Crippen LogP contribution >= 0.6 is 0 Å². The fourth-order valence-corrected chi connectivity index (χ4v) is 2.19. The summed E-state index contributed by atoms with van der Waals surface area (Å²) < 4.78 is 4.74. The molecule has 4 heteroatoms. The lowest BCUT2D eigenvalue weighted by Crippen LogP contribution is -2.15. The van der Waals surface area contributed by atoms with Gasteiger partial charge in [0.1, 0.15) is 0 Å². The van der Waals surface area contributed by atoms with Gasteiger partial charge in [0, 0.05) is 11.3 Å². The van der Waals surface area contributed by atoms with Gasteiger partial charge in [0.05, 0.1) is 12.7 Å². The standard InChI is InChI=1S/C19H19NO3/c1-13(12-15-8-5-4-6-9-15)18(21)20-17-11-7-10-16(14(17)2)19(22)23-3/h4-12H,1-3H3,(H,20,21)/b13-12+. The third-order valence-electron chi connectivity index (χ3n) is 3.53. The van der Waals surface area contributed by atoms with Gasteiger partial charge in [-0.2, -0.15) is 0 Å². The molecule has 0 aliphatic carbocycles. The maximum atomic E-state index is 12.3. The first-order chi connectivity index (χ1) is 11.0. The Morgan fingerprint density at radius 2 is 1.74 bits per heavy atom. The summed E-state index contributed by atoms with van der Waals surface area (Å²) >= 11 is 0. The molecule has 0 aliphatic rings. The number of esters is 1. The van der Waals surface area contributed by atoms with Crippen molar-refractivity contribution in [1.82, 2.24) is 0 Å². The van der Waals surface area contributed by atoms with Crippen LogP contribution in [0.2, 0.25) is 0 Å². The third kappa shape index (κ3) is 4.07. The molecule has 23 heavy (non-hydrogen) atoms. The predicted octanol–water partition coefficient (Wildman–Crippen LogP) is 3.82. The molecular formula is C19H19NO3. The molecule has 0 spiro atoms. The lowest BCUT2D eigenvalue weighted by molar-refractivity contribution is -0.112. The zero-order valence-electron chi connectivity index (χ0n) is 13.4. The molecule has 2 aromatic rings. The third-order valence-corrected chi connectivity index (χ3v) is 3.53. The van der Waals surface area contributed by atoms with Crippen molar-refractivity contribution >= 4 is 23.6 Å². The predicted molar refractivity (Wildman–Crippen MR) is 91.2 cm³/mol. The SMILES string of the molecule is COC(=O)c1cccc(NC(=O)/C(C)=C/c2ccccc2)c1C. The molecule has 0 atom stereocenters. The fourth-order valence-electron chi connectivity index (χ4n) is 2.19. The summed E-state index contributed by atoms with van der Waals surface area (Å²) in [5.74, 6) is -0.630. The van der Waals surface area contributed by atoms with Crippen LogP contribution in [0.4, 0.5) is 5.69 Å². The Bertz CT molecular complexity index is 748. The van der Waals surface area contributed by atoms with Crippen LogP contribution in [0.25, 0.3) is 6.08 Å². The van der Waals surface area contributed by atoms with E-state index >= 15 is 0 Å². The summed E-state index contributed by atoms with van der Waals surface area (Å²) in [6.07, 6.45) is 1.81. The number of anilines is 1. The molecular weight excluding hydrogens is 290 g/mol. The van der Waals surface area contributed by atoms with E-state index in [2.05, 4.69) is 5.32 Å². The minimum absolute atomic E-state index is 0.209. The summed E-state index contributed by atoms with van der Waals surface area (Å²) in [5, 5.41) is 2.83. The minimum Gasteiger partial charge on any atom is -0.465 e. The van der Waals surface area contributed by atoms with Crippen molar-refractivity contribution < 1.29 is 14.3 Å². The first-order valence-corrected chi connectivity index (χ1v) is 7.25. The highest BCUT2D eigenvalue weighted by Gasteiger charge is 2.13. The van der Waals surface area contributed by atoms with Crippen LogP contribution in [-0.4, -0.2) is 19.0 Å². The zero-order valence-corrected chi connectivity index (χ0v) is 13.4. The minimum atomic E-state index is -0.421. The van der Waals surface area contributed by atoms with E-state index in [1.54, 1.807) is 32.0 Å². The molecule has 118 valence electrons. The Balaban J connectivity index is 2.21. The molecule has 4 nitrogen and oxygen atoms in total. The second-order valence-corrected chi connectivity index (χ2v) is 5.16. The topological polar surface area (TPSA) is 55.4 Å². The van der Waals surface area contributed by atoms with Gasteiger partial charge in [-0.1, -0.05) is 36.4 Å². The normalized spacial score (nSPS) is 11.0. The van der Waals surface area contributed by atoms with Crippen molar-refractivity contribution in [1.29, 1.82) is 0 Å². The van der Waals surface area contributed by atoms with E-state index in [-0.39, 0.29) is 5.91 Å². The maximum Gasteiger partial charge on any atom is 0.338 e. The number of benzene rings is 2. The van der Waals surface area contributed by atoms with Gasteiger partial charge in [-0.25, -0.2) is 4.79 Å². The van der Waals surface area contributed by atoms with E-state index in [0.29, 0.717) is 22.4 Å². The zero-order chi connectivity index (χ0) is 16.8. The van der Waals surface area contributed by atoms with E-state index < -0.39 is 5.97 Å². The Labute approximate surface area is 135 Å². The van der Waals surface area contributed by atoms with E-state index in [1.807, 2.05) is 36.4 Å². The maximum absolute atomic E-state index is 12.3. The average Bonchev–Trinajstić information content (AvgIpc) is 2.57. The average molecular weight is 309 g/mol. The number of amides is 1. The van der Waals surface area contributed by atoms with Gasteiger partial charge < -0.3 is 10.1 Å². The quantitative estimate of drug-likeness (QED) is 0.690. The second kappa shape index (κ2) is 7.40. The van der Waals surface area contributed by atoms with Gasteiger partial charge in [-0.05, 0) is 43.2 Å². The van der Waals surface area contributed by atoms with Crippen molar-refractivity contribution in [2.24, 2.45) is 0 Å². The number of hydrogen-bond donors (Lipinski definition) is 1. The molecule has 2 rings (SSSR count). The molecule has 1 amide bonds. The first kappa shape index (κ1) is 16.5. The van der Waals surface area contributed by atoms with Crippen LogP contribution in [0.5, 0.6) is 0 Å². The number of carbonyl (C=O) groups excluding carboxylic acids is 2. The van der Waals surface area contributed by atoms with Crippen LogP contribution < -0.4 is 5.32 Å². The largest absolute Gasteiger partial charge is 0.465 e. The Morgan fingerprint density at radius 1 is 1.04 bits per heavy atom. The summed E-state index contributed by atoms with van der Waals surface area (Å²) in [7, 11) is 1.33. The summed E-state index contributed by atoms with van der Waals surface area (Å²) in [4.78, 5) is 24.0. The number of ether oxygens (including phenoxy) is 1. The van der Waals surface area contributed by atoms with Crippen LogP contribution in [0.1, 0.15) is 28.4 Å². The summed E-state index contributed by atoms with van der Waals surface area (Å²) in [6, 6.07) is 14.8. The lowest BCUT2D eigenvalue weighted by atomic mass is 10.1. The van der Waals surface area contributed by atoms with E-state index in [9.17, 15) is 9.59 Å². The fraction of sp³-hybridized carbons (Fsp3) is 0.158. The molecule has 0 bridgehead atoms. The Hall–Kier alpha value is -2.88. The molecule has 0 aromatic heterocycles. The highest BCUT2D eigenvalue weighted by molar-refractivity contribution is 6.07. The Kier molecular flexibility index (Phi) is 5.31. The molecule has 0 saturated heterocycles. The van der Waals surface area contributed by atoms with Gasteiger partial charge in [-0.3, -0.25) is 4.79 Å². The number of rotatable bonds is 4. The van der Waals surface area contributed by atoms with Crippen LogP contribution in [-0.2, 0) is 9.53 Å². The number of methoxy groups -OCH3 is 1. The monoisotopic (exact) mass is 309 g/mol.